The van der Waals surface area contributed by atoms with Gasteiger partial charge in [-0.2, -0.15) is 18.2 Å². The predicted octanol–water partition coefficient (Wildman–Crippen LogP) is 4.83. The number of alkyl halides is 3. The third-order valence-electron chi connectivity index (χ3n) is 11.0. The Bertz CT molecular complexity index is 2110. The number of nitrogens with zero attached hydrogens (tertiary/aromatic N) is 4. The number of thiazole rings is 1. The topological polar surface area (TPSA) is 179 Å². The van der Waals surface area contributed by atoms with Gasteiger partial charge >= 0.3 is 6.18 Å². The number of ether oxygens (including phenoxy) is 1. The van der Waals surface area contributed by atoms with E-state index in [9.17, 15) is 36.0 Å². The van der Waals surface area contributed by atoms with Crippen molar-refractivity contribution in [3.05, 3.63) is 41.4 Å². The fourth-order valence-electron chi connectivity index (χ4n) is 7.37. The molecule has 54 heavy (non-hydrogen) atoms. The van der Waals surface area contributed by atoms with Crippen molar-refractivity contribution in [2.45, 2.75) is 119 Å². The molecule has 0 radical (unpaired) electrons. The fraction of sp³-hybridized carbons (Fsp3) is 0.583. The minimum absolute atomic E-state index is 0.00838. The van der Waals surface area contributed by atoms with E-state index in [1.807, 2.05) is 26.0 Å². The largest absolute Gasteiger partial charge is 0.459 e. The molecule has 4 N–H and O–H groups in total. The summed E-state index contributed by atoms with van der Waals surface area (Å²) in [6.45, 7) is 5.34. The number of hydrogen-bond donors (Lipinski definition) is 3. The van der Waals surface area contributed by atoms with Crippen molar-refractivity contribution in [1.82, 2.24) is 29.5 Å². The molecule has 0 bridgehead atoms. The van der Waals surface area contributed by atoms with E-state index < -0.39 is 74.0 Å². The summed E-state index contributed by atoms with van der Waals surface area (Å²) in [4.78, 5) is 51.8. The second-order valence-corrected chi connectivity index (χ2v) is 18.4. The molecule has 1 saturated heterocycles. The van der Waals surface area contributed by atoms with E-state index >= 15 is 0 Å². The smallest absolute Gasteiger partial charge is 0.434 e. The standard InChI is InChI=1S/C36H44F3N7O6S2/c1-20(2)46-25-13-9-11-23(30-41-27(19-53-30)36(37,38)39)28(25)42-33(46)52-22-16-26-29(47)43-35(32(49)44-54(50,51)34(3)14-15-34)17-21(35)10-7-5-4-6-8-12-24(40)31(48)45(26)18-22/h7,9-11,13,19-22,24,26H,4-6,8,12,14-18,40H2,1-3H3,(H,43,47)(H,44,49)/b10-7-/t21-,22-,24+,26+,35-/m1/s1. The first kappa shape index (κ1) is 38.3. The zero-order chi connectivity index (χ0) is 38.8. The monoisotopic (exact) mass is 791 g/mol. The summed E-state index contributed by atoms with van der Waals surface area (Å²) in [6.07, 6.45) is 2.94. The SMILES string of the molecule is CC(C)n1c(O[C@@H]2C[C@H]3C(=O)N[C@]4(C(=O)NS(=O)(=O)C5(C)CC5)C[C@H]4/C=C\CCCCC[C@H](N)C(=O)N3C2)nc2c(-c3nc(C(F)(F)F)cs3)cccc21. The maximum Gasteiger partial charge on any atom is 0.434 e. The molecule has 4 aliphatic rings. The van der Waals surface area contributed by atoms with Crippen LogP contribution in [-0.2, 0) is 30.6 Å². The minimum Gasteiger partial charge on any atom is -0.459 e. The van der Waals surface area contributed by atoms with Crippen LogP contribution in [0.4, 0.5) is 13.2 Å². The Morgan fingerprint density at radius 3 is 2.61 bits per heavy atom. The number of sulfonamides is 1. The molecule has 3 amide bonds. The second kappa shape index (κ2) is 13.9. The van der Waals surface area contributed by atoms with Crippen molar-refractivity contribution >= 4 is 50.1 Å². The van der Waals surface area contributed by atoms with E-state index in [-0.39, 0.29) is 36.4 Å². The first-order valence-corrected chi connectivity index (χ1v) is 20.6. The normalized spacial score (nSPS) is 28.1. The van der Waals surface area contributed by atoms with Gasteiger partial charge in [0, 0.05) is 29.3 Å². The van der Waals surface area contributed by atoms with E-state index in [0.717, 1.165) is 36.0 Å². The number of carbonyl (C=O) groups is 3. The highest BCUT2D eigenvalue weighted by Crippen LogP contribution is 2.48. The van der Waals surface area contributed by atoms with Gasteiger partial charge in [-0.1, -0.05) is 31.1 Å². The molecule has 18 heteroatoms. The Balaban J connectivity index is 1.19. The van der Waals surface area contributed by atoms with Gasteiger partial charge in [0.2, 0.25) is 21.8 Å². The summed E-state index contributed by atoms with van der Waals surface area (Å²) < 4.78 is 75.8. The van der Waals surface area contributed by atoms with Crippen LogP contribution in [0.15, 0.2) is 35.7 Å². The number of allylic oxidation sites excluding steroid dienone is 1. The third kappa shape index (κ3) is 7.11. The Labute approximate surface area is 314 Å². The number of nitrogens with two attached hydrogens (primary N) is 1. The Kier molecular flexibility index (Phi) is 9.86. The maximum atomic E-state index is 14.2. The van der Waals surface area contributed by atoms with Gasteiger partial charge in [-0.05, 0) is 71.4 Å². The zero-order valence-corrected chi connectivity index (χ0v) is 31.8. The first-order chi connectivity index (χ1) is 25.4. The van der Waals surface area contributed by atoms with Crippen molar-refractivity contribution in [1.29, 1.82) is 0 Å². The van der Waals surface area contributed by atoms with E-state index in [2.05, 4.69) is 15.0 Å². The summed E-state index contributed by atoms with van der Waals surface area (Å²) in [5, 5.41) is 3.94. The van der Waals surface area contributed by atoms with Crippen LogP contribution in [-0.4, -0.2) is 80.6 Å². The molecule has 292 valence electrons. The lowest BCUT2D eigenvalue weighted by Gasteiger charge is -2.28. The minimum atomic E-state index is -4.60. The number of halogens is 3. The molecule has 7 rings (SSSR count). The Morgan fingerprint density at radius 1 is 1.17 bits per heavy atom. The van der Waals surface area contributed by atoms with Gasteiger partial charge in [0.25, 0.3) is 11.9 Å². The molecule has 3 aromatic rings. The van der Waals surface area contributed by atoms with E-state index in [1.54, 1.807) is 29.7 Å². The average Bonchev–Trinajstić information content (AvgIpc) is 3.76. The van der Waals surface area contributed by atoms with Gasteiger partial charge in [0.1, 0.15) is 28.2 Å². The Morgan fingerprint density at radius 2 is 1.93 bits per heavy atom. The van der Waals surface area contributed by atoms with Crippen molar-refractivity contribution < 1.29 is 40.7 Å². The lowest BCUT2D eigenvalue weighted by atomic mass is 10.1. The molecule has 1 aromatic carbocycles. The molecule has 2 aliphatic carbocycles. The number of imidazole rings is 1. The number of hydrogen-bond acceptors (Lipinski definition) is 10. The van der Waals surface area contributed by atoms with Crippen LogP contribution in [0.5, 0.6) is 6.01 Å². The fourth-order valence-corrected chi connectivity index (χ4v) is 9.53. The van der Waals surface area contributed by atoms with Crippen LogP contribution in [0.1, 0.15) is 90.3 Å². The van der Waals surface area contributed by atoms with Gasteiger partial charge in [-0.3, -0.25) is 23.7 Å². The molecule has 13 nitrogen and oxygen atoms in total. The Hall–Kier alpha value is -4.03. The predicted molar refractivity (Wildman–Crippen MR) is 195 cm³/mol. The van der Waals surface area contributed by atoms with Crippen molar-refractivity contribution in [3.63, 3.8) is 0 Å². The molecule has 5 atom stereocenters. The van der Waals surface area contributed by atoms with Gasteiger partial charge in [-0.15, -0.1) is 11.3 Å². The van der Waals surface area contributed by atoms with Crippen LogP contribution < -0.4 is 20.5 Å². The van der Waals surface area contributed by atoms with Gasteiger partial charge in [-0.25, -0.2) is 13.4 Å². The molecule has 0 spiro atoms. The first-order valence-electron chi connectivity index (χ1n) is 18.3. The maximum absolute atomic E-state index is 14.2. The van der Waals surface area contributed by atoms with Gasteiger partial charge in [0.15, 0.2) is 5.69 Å². The number of amides is 3. The highest BCUT2D eigenvalue weighted by molar-refractivity contribution is 7.91. The number of nitrogens with one attached hydrogen (secondary N) is 2. The van der Waals surface area contributed by atoms with Crippen LogP contribution in [0.3, 0.4) is 0 Å². The number of aromatic nitrogens is 3. The van der Waals surface area contributed by atoms with Crippen LogP contribution in [0, 0.1) is 5.92 Å². The highest BCUT2D eigenvalue weighted by Gasteiger charge is 2.63. The quantitative estimate of drug-likeness (QED) is 0.283. The van der Waals surface area contributed by atoms with E-state index in [1.165, 1.54) is 4.90 Å². The van der Waals surface area contributed by atoms with Crippen LogP contribution in [0.2, 0.25) is 0 Å². The summed E-state index contributed by atoms with van der Waals surface area (Å²) >= 11 is 0.854. The van der Waals surface area contributed by atoms with Crippen molar-refractivity contribution in [2.24, 2.45) is 11.7 Å². The summed E-state index contributed by atoms with van der Waals surface area (Å²) in [5.41, 5.74) is 5.25. The number of para-hydroxylation sites is 1. The van der Waals surface area contributed by atoms with Gasteiger partial charge in [0.05, 0.1) is 22.9 Å². The molecule has 2 aliphatic heterocycles. The molecule has 2 aromatic heterocycles. The zero-order valence-electron chi connectivity index (χ0n) is 30.2. The third-order valence-corrected chi connectivity index (χ3v) is 14.1. The molecule has 0 unspecified atom stereocenters. The summed E-state index contributed by atoms with van der Waals surface area (Å²) in [5.74, 6) is -2.35. The van der Waals surface area contributed by atoms with Gasteiger partial charge < -0.3 is 20.7 Å². The number of fused-ring (bicyclic) bond motifs is 3. The van der Waals surface area contributed by atoms with Crippen molar-refractivity contribution in [3.8, 4) is 16.6 Å². The average molecular weight is 792 g/mol. The molecular formula is C36H44F3N7O6S2. The van der Waals surface area contributed by atoms with Crippen LogP contribution in [0.25, 0.3) is 21.6 Å². The lowest BCUT2D eigenvalue weighted by molar-refractivity contribution is -0.141. The number of benzene rings is 1. The molecule has 3 fully saturated rings. The number of rotatable bonds is 7. The molecule has 4 heterocycles. The summed E-state index contributed by atoms with van der Waals surface area (Å²) in [7, 11) is -3.99. The second-order valence-electron chi connectivity index (χ2n) is 15.4. The van der Waals surface area contributed by atoms with E-state index in [4.69, 9.17) is 15.5 Å². The summed E-state index contributed by atoms with van der Waals surface area (Å²) in [6, 6.07) is 3.07. The highest BCUT2D eigenvalue weighted by atomic mass is 32.2. The number of carbonyl (C=O) groups excluding carboxylic acids is 3. The lowest BCUT2D eigenvalue weighted by Crippen LogP contribution is -2.58. The van der Waals surface area contributed by atoms with Crippen LogP contribution >= 0.6 is 11.3 Å². The molecule has 2 saturated carbocycles. The van der Waals surface area contributed by atoms with E-state index in [0.29, 0.717) is 42.3 Å². The molecular weight excluding hydrogens is 748 g/mol. The van der Waals surface area contributed by atoms with Crippen molar-refractivity contribution in [2.75, 3.05) is 6.54 Å².